The van der Waals surface area contributed by atoms with Gasteiger partial charge in [-0.05, 0) is 29.5 Å². The molecule has 0 saturated heterocycles. The Morgan fingerprint density at radius 1 is 0.913 bits per heavy atom. The first kappa shape index (κ1) is 17.9. The fourth-order valence-corrected chi connectivity index (χ4v) is 2.92. The molecule has 0 aliphatic rings. The van der Waals surface area contributed by atoms with Crippen LogP contribution in [0.2, 0.25) is 0 Å². The first-order valence-electron chi connectivity index (χ1n) is 7.83. The molecule has 0 bridgehead atoms. The second kappa shape index (κ2) is 8.99. The van der Waals surface area contributed by atoms with E-state index in [1.54, 1.807) is 0 Å². The minimum atomic E-state index is -4.07. The number of aryl methyl sites for hydroxylation is 1. The van der Waals surface area contributed by atoms with Crippen molar-refractivity contribution in [2.24, 2.45) is 0 Å². The van der Waals surface area contributed by atoms with E-state index in [2.05, 4.69) is 6.92 Å². The molecule has 4 nitrogen and oxygen atoms in total. The quantitative estimate of drug-likeness (QED) is 0.665. The van der Waals surface area contributed by atoms with Gasteiger partial charge in [0.1, 0.15) is 0 Å². The molecule has 124 valence electrons. The Morgan fingerprint density at radius 3 is 2.22 bits per heavy atom. The summed E-state index contributed by atoms with van der Waals surface area (Å²) in [7, 11) is -4.07. The molecule has 2 aromatic carbocycles. The number of benzene rings is 2. The molecule has 23 heavy (non-hydrogen) atoms. The van der Waals surface area contributed by atoms with E-state index < -0.39 is 7.82 Å². The van der Waals surface area contributed by atoms with E-state index in [4.69, 9.17) is 9.05 Å². The van der Waals surface area contributed by atoms with Gasteiger partial charge in [-0.1, -0.05) is 67.9 Å². The van der Waals surface area contributed by atoms with Crippen LogP contribution in [0.3, 0.4) is 0 Å². The third-order valence-corrected chi connectivity index (χ3v) is 4.45. The summed E-state index contributed by atoms with van der Waals surface area (Å²) in [6.07, 6.45) is 3.13. The molecule has 2 aromatic rings. The van der Waals surface area contributed by atoms with Gasteiger partial charge in [-0.3, -0.25) is 9.05 Å². The van der Waals surface area contributed by atoms with Crippen molar-refractivity contribution in [1.82, 2.24) is 0 Å². The van der Waals surface area contributed by atoms with Gasteiger partial charge in [0.2, 0.25) is 0 Å². The summed E-state index contributed by atoms with van der Waals surface area (Å²) in [5, 5.41) is 0. The van der Waals surface area contributed by atoms with E-state index >= 15 is 0 Å². The van der Waals surface area contributed by atoms with Gasteiger partial charge >= 0.3 is 7.82 Å². The summed E-state index contributed by atoms with van der Waals surface area (Å²) in [6.45, 7) is 2.26. The predicted molar refractivity (Wildman–Crippen MR) is 90.9 cm³/mol. The highest BCUT2D eigenvalue weighted by molar-refractivity contribution is 7.47. The SMILES string of the molecule is CCCCc1ccccc1COP(=O)(O)OCc1ccccc1. The number of phosphoric ester groups is 1. The monoisotopic (exact) mass is 334 g/mol. The zero-order valence-corrected chi connectivity index (χ0v) is 14.2. The lowest BCUT2D eigenvalue weighted by atomic mass is 10.0. The summed E-state index contributed by atoms with van der Waals surface area (Å²) in [5.74, 6) is 0. The van der Waals surface area contributed by atoms with Gasteiger partial charge in [0.25, 0.3) is 0 Å². The maximum atomic E-state index is 12.0. The van der Waals surface area contributed by atoms with Gasteiger partial charge < -0.3 is 4.89 Å². The van der Waals surface area contributed by atoms with Gasteiger partial charge in [0.15, 0.2) is 0 Å². The van der Waals surface area contributed by atoms with Crippen LogP contribution in [0.25, 0.3) is 0 Å². The van der Waals surface area contributed by atoms with E-state index in [1.165, 1.54) is 0 Å². The number of phosphoric acid groups is 1. The fourth-order valence-electron chi connectivity index (χ4n) is 2.23. The molecule has 0 aromatic heterocycles. The molecule has 1 atom stereocenters. The van der Waals surface area contributed by atoms with Crippen LogP contribution in [0, 0.1) is 0 Å². The van der Waals surface area contributed by atoms with Gasteiger partial charge in [0.05, 0.1) is 13.2 Å². The Morgan fingerprint density at radius 2 is 1.52 bits per heavy atom. The van der Waals surface area contributed by atoms with Crippen molar-refractivity contribution in [3.05, 3.63) is 71.3 Å². The molecule has 2 rings (SSSR count). The molecule has 0 spiro atoms. The van der Waals surface area contributed by atoms with Crippen molar-refractivity contribution >= 4 is 7.82 Å². The minimum Gasteiger partial charge on any atom is -0.302 e. The molecule has 0 saturated carbocycles. The highest BCUT2D eigenvalue weighted by atomic mass is 31.2. The normalized spacial score (nSPS) is 13.7. The molecular formula is C18H23O4P. The van der Waals surface area contributed by atoms with Crippen LogP contribution in [0.4, 0.5) is 0 Å². The molecule has 1 N–H and O–H groups in total. The molecule has 5 heteroatoms. The van der Waals surface area contributed by atoms with Crippen LogP contribution in [0.5, 0.6) is 0 Å². The van der Waals surface area contributed by atoms with E-state index in [-0.39, 0.29) is 13.2 Å². The number of hydrogen-bond donors (Lipinski definition) is 1. The van der Waals surface area contributed by atoms with Crippen molar-refractivity contribution in [1.29, 1.82) is 0 Å². The smallest absolute Gasteiger partial charge is 0.302 e. The average Bonchev–Trinajstić information content (AvgIpc) is 2.58. The summed E-state index contributed by atoms with van der Waals surface area (Å²) >= 11 is 0. The van der Waals surface area contributed by atoms with Crippen LogP contribution in [0.15, 0.2) is 54.6 Å². The Bertz CT molecular complexity index is 642. The lowest BCUT2D eigenvalue weighted by Crippen LogP contribution is -2.00. The second-order valence-electron chi connectivity index (χ2n) is 5.37. The molecule has 0 radical (unpaired) electrons. The average molecular weight is 334 g/mol. The zero-order chi connectivity index (χ0) is 16.5. The first-order chi connectivity index (χ1) is 11.1. The van der Waals surface area contributed by atoms with Crippen LogP contribution in [-0.4, -0.2) is 4.89 Å². The topological polar surface area (TPSA) is 55.8 Å². The summed E-state index contributed by atoms with van der Waals surface area (Å²) in [6, 6.07) is 17.1. The van der Waals surface area contributed by atoms with Crippen molar-refractivity contribution in [2.45, 2.75) is 39.4 Å². The Balaban J connectivity index is 1.90. The Kier molecular flexibility index (Phi) is 7.00. The standard InChI is InChI=1S/C18H23O4P/c1-2-3-11-17-12-7-8-13-18(17)15-22-23(19,20)21-14-16-9-5-4-6-10-16/h4-10,12-13H,2-3,11,14-15H2,1H3,(H,19,20). The van der Waals surface area contributed by atoms with Crippen molar-refractivity contribution < 1.29 is 18.5 Å². The minimum absolute atomic E-state index is 0.0477. The van der Waals surface area contributed by atoms with Crippen molar-refractivity contribution in [2.75, 3.05) is 0 Å². The number of rotatable bonds is 9. The number of unbranched alkanes of at least 4 members (excludes halogenated alkanes) is 1. The lowest BCUT2D eigenvalue weighted by molar-refractivity contribution is 0.137. The van der Waals surface area contributed by atoms with E-state index in [0.717, 1.165) is 36.0 Å². The second-order valence-corrected chi connectivity index (χ2v) is 6.83. The Labute approximate surface area is 137 Å². The van der Waals surface area contributed by atoms with Crippen LogP contribution in [0.1, 0.15) is 36.5 Å². The van der Waals surface area contributed by atoms with Crippen molar-refractivity contribution in [3.8, 4) is 0 Å². The van der Waals surface area contributed by atoms with Gasteiger partial charge in [-0.2, -0.15) is 0 Å². The predicted octanol–water partition coefficient (Wildman–Crippen LogP) is 4.86. The molecule has 0 fully saturated rings. The van der Waals surface area contributed by atoms with Crippen LogP contribution >= 0.6 is 7.82 Å². The molecule has 1 unspecified atom stereocenters. The first-order valence-corrected chi connectivity index (χ1v) is 9.33. The van der Waals surface area contributed by atoms with Crippen LogP contribution < -0.4 is 0 Å². The molecule has 0 amide bonds. The van der Waals surface area contributed by atoms with E-state index in [0.29, 0.717) is 0 Å². The van der Waals surface area contributed by atoms with Gasteiger partial charge in [-0.15, -0.1) is 0 Å². The van der Waals surface area contributed by atoms with Gasteiger partial charge in [0, 0.05) is 0 Å². The maximum Gasteiger partial charge on any atom is 0.472 e. The largest absolute Gasteiger partial charge is 0.472 e. The summed E-state index contributed by atoms with van der Waals surface area (Å²) in [5.41, 5.74) is 2.91. The zero-order valence-electron chi connectivity index (χ0n) is 13.4. The highest BCUT2D eigenvalue weighted by Crippen LogP contribution is 2.45. The van der Waals surface area contributed by atoms with Gasteiger partial charge in [-0.25, -0.2) is 4.57 Å². The summed E-state index contributed by atoms with van der Waals surface area (Å²) < 4.78 is 22.2. The fraction of sp³-hybridized carbons (Fsp3) is 0.333. The van der Waals surface area contributed by atoms with Crippen LogP contribution in [-0.2, 0) is 33.2 Å². The molecule has 0 aliphatic heterocycles. The van der Waals surface area contributed by atoms with E-state index in [9.17, 15) is 9.46 Å². The molecule has 0 heterocycles. The highest BCUT2D eigenvalue weighted by Gasteiger charge is 2.21. The third-order valence-electron chi connectivity index (χ3n) is 3.54. The number of hydrogen-bond acceptors (Lipinski definition) is 3. The molecule has 0 aliphatic carbocycles. The van der Waals surface area contributed by atoms with Crippen molar-refractivity contribution in [3.63, 3.8) is 0 Å². The molecular weight excluding hydrogens is 311 g/mol. The summed E-state index contributed by atoms with van der Waals surface area (Å²) in [4.78, 5) is 9.82. The maximum absolute atomic E-state index is 12.0. The lowest BCUT2D eigenvalue weighted by Gasteiger charge is -2.14. The van der Waals surface area contributed by atoms with E-state index in [1.807, 2.05) is 54.6 Å². The third kappa shape index (κ3) is 6.28. The Hall–Kier alpha value is -1.45.